The fourth-order valence-corrected chi connectivity index (χ4v) is 3.67. The lowest BCUT2D eigenvalue weighted by Gasteiger charge is -2.19. The maximum absolute atomic E-state index is 12.2. The smallest absolute Gasteiger partial charge is 0.242 e. The van der Waals surface area contributed by atoms with Crippen molar-refractivity contribution in [2.75, 3.05) is 13.7 Å². The van der Waals surface area contributed by atoms with Crippen LogP contribution >= 0.6 is 12.4 Å². The minimum absolute atomic E-state index is 0. The first-order chi connectivity index (χ1) is 9.06. The number of sulfonamides is 1. The predicted octanol–water partition coefficient (Wildman–Crippen LogP) is 0.918. The van der Waals surface area contributed by atoms with E-state index >= 15 is 0 Å². The second kappa shape index (κ2) is 7.21. The Labute approximate surface area is 125 Å². The fraction of sp³-hybridized carbons (Fsp3) is 0.583. The van der Waals surface area contributed by atoms with Gasteiger partial charge in [0.1, 0.15) is 4.90 Å². The van der Waals surface area contributed by atoms with E-state index in [2.05, 4.69) is 9.71 Å². The van der Waals surface area contributed by atoms with Gasteiger partial charge in [-0.15, -0.1) is 12.4 Å². The summed E-state index contributed by atoms with van der Waals surface area (Å²) in [6.07, 6.45) is 4.12. The van der Waals surface area contributed by atoms with Gasteiger partial charge in [-0.05, 0) is 31.4 Å². The van der Waals surface area contributed by atoms with Gasteiger partial charge in [0.05, 0.1) is 13.3 Å². The second-order valence-electron chi connectivity index (χ2n) is 4.69. The Balaban J connectivity index is 0.00000200. The molecule has 0 spiro atoms. The van der Waals surface area contributed by atoms with Crippen LogP contribution in [0.25, 0.3) is 0 Å². The highest BCUT2D eigenvalue weighted by Gasteiger charge is 2.30. The number of hydrogen-bond donors (Lipinski definition) is 2. The van der Waals surface area contributed by atoms with Gasteiger partial charge in [0, 0.05) is 12.1 Å². The maximum Gasteiger partial charge on any atom is 0.242 e. The van der Waals surface area contributed by atoms with Crippen molar-refractivity contribution in [2.45, 2.75) is 30.2 Å². The number of ether oxygens (including phenoxy) is 1. The van der Waals surface area contributed by atoms with E-state index in [1.807, 2.05) is 0 Å². The number of nitrogens with zero attached hydrogens (tertiary/aromatic N) is 1. The van der Waals surface area contributed by atoms with Gasteiger partial charge in [-0.3, -0.25) is 0 Å². The topological polar surface area (TPSA) is 94.3 Å². The summed E-state index contributed by atoms with van der Waals surface area (Å²) in [5.41, 5.74) is 5.66. The zero-order valence-corrected chi connectivity index (χ0v) is 12.9. The summed E-state index contributed by atoms with van der Waals surface area (Å²) in [4.78, 5) is 4.06. The van der Waals surface area contributed by atoms with Crippen LogP contribution in [0, 0.1) is 5.92 Å². The number of nitrogens with one attached hydrogen (secondary N) is 1. The van der Waals surface area contributed by atoms with Crippen molar-refractivity contribution in [3.63, 3.8) is 0 Å². The third-order valence-electron chi connectivity index (χ3n) is 3.50. The molecule has 0 amide bonds. The molecule has 20 heavy (non-hydrogen) atoms. The summed E-state index contributed by atoms with van der Waals surface area (Å²) < 4.78 is 32.1. The van der Waals surface area contributed by atoms with Crippen LogP contribution in [0.5, 0.6) is 5.88 Å². The molecule has 3 N–H and O–H groups in total. The van der Waals surface area contributed by atoms with E-state index in [9.17, 15) is 8.42 Å². The standard InChI is InChI=1S/C12H19N3O3S.ClH/c1-18-12-6-5-10(8-14-12)19(16,17)15-11-4-2-3-9(11)7-13;/h5-6,8-9,11,15H,2-4,7,13H2,1H3;1H. The molecule has 0 aliphatic heterocycles. The number of pyridine rings is 1. The van der Waals surface area contributed by atoms with E-state index in [-0.39, 0.29) is 29.3 Å². The van der Waals surface area contributed by atoms with E-state index in [0.717, 1.165) is 19.3 Å². The van der Waals surface area contributed by atoms with Crippen molar-refractivity contribution in [2.24, 2.45) is 11.7 Å². The normalized spacial score (nSPS) is 22.3. The molecule has 1 heterocycles. The van der Waals surface area contributed by atoms with Gasteiger partial charge < -0.3 is 10.5 Å². The third kappa shape index (κ3) is 3.82. The summed E-state index contributed by atoms with van der Waals surface area (Å²) >= 11 is 0. The average Bonchev–Trinajstić information content (AvgIpc) is 2.85. The molecule has 2 rings (SSSR count). The number of halogens is 1. The lowest BCUT2D eigenvalue weighted by Crippen LogP contribution is -2.39. The summed E-state index contributed by atoms with van der Waals surface area (Å²) in [6.45, 7) is 0.508. The molecule has 1 saturated carbocycles. The van der Waals surface area contributed by atoms with E-state index < -0.39 is 10.0 Å². The summed E-state index contributed by atoms with van der Waals surface area (Å²) in [7, 11) is -2.05. The van der Waals surface area contributed by atoms with Crippen molar-refractivity contribution in [3.05, 3.63) is 18.3 Å². The Morgan fingerprint density at radius 1 is 1.45 bits per heavy atom. The van der Waals surface area contributed by atoms with Gasteiger partial charge in [-0.25, -0.2) is 18.1 Å². The largest absolute Gasteiger partial charge is 0.481 e. The van der Waals surface area contributed by atoms with Gasteiger partial charge in [-0.1, -0.05) is 6.42 Å². The van der Waals surface area contributed by atoms with Crippen molar-refractivity contribution in [1.82, 2.24) is 9.71 Å². The molecule has 1 aromatic rings. The van der Waals surface area contributed by atoms with Crippen LogP contribution in [0.3, 0.4) is 0 Å². The average molecular weight is 322 g/mol. The molecule has 1 aliphatic rings. The van der Waals surface area contributed by atoms with Crippen molar-refractivity contribution >= 4 is 22.4 Å². The molecule has 0 radical (unpaired) electrons. The van der Waals surface area contributed by atoms with E-state index in [1.54, 1.807) is 0 Å². The number of aromatic nitrogens is 1. The Hall–Kier alpha value is -0.890. The number of rotatable bonds is 5. The van der Waals surface area contributed by atoms with Gasteiger partial charge in [0.2, 0.25) is 15.9 Å². The second-order valence-corrected chi connectivity index (χ2v) is 6.40. The van der Waals surface area contributed by atoms with Crippen molar-refractivity contribution in [3.8, 4) is 5.88 Å². The number of hydrogen-bond acceptors (Lipinski definition) is 5. The Bertz CT molecular complexity index is 521. The Morgan fingerprint density at radius 3 is 2.75 bits per heavy atom. The molecule has 0 bridgehead atoms. The number of methoxy groups -OCH3 is 1. The van der Waals surface area contributed by atoms with Gasteiger partial charge in [0.15, 0.2) is 0 Å². The quantitative estimate of drug-likeness (QED) is 0.841. The maximum atomic E-state index is 12.2. The molecule has 0 saturated heterocycles. The third-order valence-corrected chi connectivity index (χ3v) is 4.97. The molecule has 6 nitrogen and oxygen atoms in total. The molecule has 0 aromatic carbocycles. The zero-order valence-electron chi connectivity index (χ0n) is 11.3. The highest BCUT2D eigenvalue weighted by molar-refractivity contribution is 7.89. The minimum atomic E-state index is -3.54. The molecular weight excluding hydrogens is 302 g/mol. The molecular formula is C12H20ClN3O3S. The van der Waals surface area contributed by atoms with Crippen molar-refractivity contribution < 1.29 is 13.2 Å². The first-order valence-electron chi connectivity index (χ1n) is 6.29. The van der Waals surface area contributed by atoms with Gasteiger partial charge in [0.25, 0.3) is 0 Å². The molecule has 2 unspecified atom stereocenters. The SMILES string of the molecule is COc1ccc(S(=O)(=O)NC2CCCC2CN)cn1.Cl. The summed E-state index contributed by atoms with van der Waals surface area (Å²) in [5, 5.41) is 0. The molecule has 1 fully saturated rings. The zero-order chi connectivity index (χ0) is 13.9. The van der Waals surface area contributed by atoms with Crippen LogP contribution in [0.1, 0.15) is 19.3 Å². The van der Waals surface area contributed by atoms with Gasteiger partial charge in [-0.2, -0.15) is 0 Å². The van der Waals surface area contributed by atoms with Crippen LogP contribution in [-0.2, 0) is 10.0 Å². The molecule has 1 aromatic heterocycles. The lowest BCUT2D eigenvalue weighted by molar-refractivity contribution is 0.397. The van der Waals surface area contributed by atoms with Gasteiger partial charge >= 0.3 is 0 Å². The van der Waals surface area contributed by atoms with Crippen molar-refractivity contribution in [1.29, 1.82) is 0 Å². The van der Waals surface area contributed by atoms with Crippen LogP contribution in [-0.4, -0.2) is 33.1 Å². The number of nitrogens with two attached hydrogens (primary N) is 1. The predicted molar refractivity (Wildman–Crippen MR) is 78.5 cm³/mol. The minimum Gasteiger partial charge on any atom is -0.481 e. The molecule has 1 aliphatic carbocycles. The highest BCUT2D eigenvalue weighted by Crippen LogP contribution is 2.26. The Kier molecular flexibility index (Phi) is 6.19. The Morgan fingerprint density at radius 2 is 2.20 bits per heavy atom. The first-order valence-corrected chi connectivity index (χ1v) is 7.77. The summed E-state index contributed by atoms with van der Waals surface area (Å²) in [5.74, 6) is 0.612. The van der Waals surface area contributed by atoms with Crippen LogP contribution < -0.4 is 15.2 Å². The monoisotopic (exact) mass is 321 g/mol. The highest BCUT2D eigenvalue weighted by atomic mass is 35.5. The fourth-order valence-electron chi connectivity index (χ4n) is 2.39. The first kappa shape index (κ1) is 17.2. The van der Waals surface area contributed by atoms with E-state index in [1.165, 1.54) is 25.4 Å². The molecule has 114 valence electrons. The summed E-state index contributed by atoms with van der Waals surface area (Å²) in [6, 6.07) is 2.95. The van der Waals surface area contributed by atoms with Crippen LogP contribution in [0.2, 0.25) is 0 Å². The molecule has 8 heteroatoms. The van der Waals surface area contributed by atoms with Crippen LogP contribution in [0.4, 0.5) is 0 Å². The van der Waals surface area contributed by atoms with E-state index in [0.29, 0.717) is 12.4 Å². The lowest BCUT2D eigenvalue weighted by atomic mass is 10.1. The van der Waals surface area contributed by atoms with Crippen LogP contribution in [0.15, 0.2) is 23.2 Å². The molecule has 2 atom stereocenters. The van der Waals surface area contributed by atoms with E-state index in [4.69, 9.17) is 10.5 Å².